The van der Waals surface area contributed by atoms with Crippen LogP contribution in [-0.4, -0.2) is 12.5 Å². The van der Waals surface area contributed by atoms with Crippen molar-refractivity contribution in [2.45, 2.75) is 13.8 Å². The molecule has 0 heterocycles. The van der Waals surface area contributed by atoms with E-state index in [1.54, 1.807) is 0 Å². The fourth-order valence-corrected chi connectivity index (χ4v) is 0.180. The molecule has 4 heteroatoms. The summed E-state index contributed by atoms with van der Waals surface area (Å²) in [4.78, 5) is 14.4. The highest BCUT2D eigenvalue weighted by atomic mass is 16.8. The number of hydrogen-bond donors (Lipinski definition) is 2. The van der Waals surface area contributed by atoms with Crippen LogP contribution in [0.25, 0.3) is 0 Å². The van der Waals surface area contributed by atoms with Gasteiger partial charge in [-0.05, 0) is 0 Å². The molecule has 0 aromatic rings. The average molecular weight is 118 g/mol. The number of carbonyl (C=O) groups excluding carboxylic acids is 1. The summed E-state index contributed by atoms with van der Waals surface area (Å²) in [7, 11) is 0. The van der Waals surface area contributed by atoms with E-state index in [1.807, 2.05) is 6.92 Å². The number of hydroxylamine groups is 2. The molecule has 0 saturated carbocycles. The SMILES string of the molecule is CCNONC(C)=O. The van der Waals surface area contributed by atoms with Crippen LogP contribution in [0.2, 0.25) is 0 Å². The predicted octanol–water partition coefficient (Wildman–Crippen LogP) is -0.421. The average Bonchev–Trinajstić information content (AvgIpc) is 1.66. The maximum absolute atomic E-state index is 10.0. The Labute approximate surface area is 48.1 Å². The molecule has 0 aromatic carbocycles. The van der Waals surface area contributed by atoms with Crippen LogP contribution < -0.4 is 11.0 Å². The number of nitrogens with one attached hydrogen (secondary N) is 2. The van der Waals surface area contributed by atoms with Crippen LogP contribution in [0.4, 0.5) is 0 Å². The van der Waals surface area contributed by atoms with E-state index in [0.717, 1.165) is 0 Å². The zero-order valence-electron chi connectivity index (χ0n) is 5.02. The Balaban J connectivity index is 2.82. The van der Waals surface area contributed by atoms with Gasteiger partial charge in [-0.25, -0.2) is 5.48 Å². The highest BCUT2D eigenvalue weighted by Crippen LogP contribution is 1.58. The maximum atomic E-state index is 10.0. The largest absolute Gasteiger partial charge is 0.273 e. The Hall–Kier alpha value is -0.610. The minimum absolute atomic E-state index is 0.217. The molecule has 1 amide bonds. The van der Waals surface area contributed by atoms with E-state index < -0.39 is 0 Å². The fraction of sp³-hybridized carbons (Fsp3) is 0.750. The summed E-state index contributed by atoms with van der Waals surface area (Å²) < 4.78 is 0. The fourth-order valence-electron chi connectivity index (χ4n) is 0.180. The van der Waals surface area contributed by atoms with E-state index in [4.69, 9.17) is 0 Å². The van der Waals surface area contributed by atoms with Gasteiger partial charge in [0, 0.05) is 13.5 Å². The van der Waals surface area contributed by atoms with Gasteiger partial charge in [0.05, 0.1) is 0 Å². The van der Waals surface area contributed by atoms with Crippen molar-refractivity contribution in [3.8, 4) is 0 Å². The van der Waals surface area contributed by atoms with E-state index in [1.165, 1.54) is 6.92 Å². The topological polar surface area (TPSA) is 50.4 Å². The summed E-state index contributed by atoms with van der Waals surface area (Å²) in [5, 5.41) is 0. The van der Waals surface area contributed by atoms with Crippen molar-refractivity contribution >= 4 is 5.91 Å². The highest BCUT2D eigenvalue weighted by molar-refractivity contribution is 5.71. The first-order valence-electron chi connectivity index (χ1n) is 2.42. The molecular formula is C4H10N2O2. The molecule has 0 saturated heterocycles. The van der Waals surface area contributed by atoms with Crippen molar-refractivity contribution < 1.29 is 9.73 Å². The number of carbonyl (C=O) groups is 1. The maximum Gasteiger partial charge on any atom is 0.241 e. The summed E-state index contributed by atoms with van der Waals surface area (Å²) in [6.07, 6.45) is 0. The van der Waals surface area contributed by atoms with E-state index in [-0.39, 0.29) is 5.91 Å². The van der Waals surface area contributed by atoms with Gasteiger partial charge in [-0.3, -0.25) is 4.79 Å². The predicted molar refractivity (Wildman–Crippen MR) is 28.6 cm³/mol. The van der Waals surface area contributed by atoms with Crippen molar-refractivity contribution in [1.29, 1.82) is 0 Å². The molecule has 0 unspecified atom stereocenters. The lowest BCUT2D eigenvalue weighted by Crippen LogP contribution is -2.28. The third kappa shape index (κ3) is 5.39. The quantitative estimate of drug-likeness (QED) is 0.391. The van der Waals surface area contributed by atoms with E-state index in [2.05, 4.69) is 15.9 Å². The minimum atomic E-state index is -0.217. The van der Waals surface area contributed by atoms with Gasteiger partial charge in [0.1, 0.15) is 0 Å². The normalized spacial score (nSPS) is 8.75. The zero-order valence-corrected chi connectivity index (χ0v) is 5.02. The standard InChI is InChI=1S/C4H10N2O2/c1-3-5-8-6-4(2)7/h5H,3H2,1-2H3,(H,6,7). The minimum Gasteiger partial charge on any atom is -0.273 e. The van der Waals surface area contributed by atoms with Crippen LogP contribution in [-0.2, 0) is 9.73 Å². The van der Waals surface area contributed by atoms with Gasteiger partial charge in [0.15, 0.2) is 0 Å². The van der Waals surface area contributed by atoms with E-state index in [0.29, 0.717) is 6.54 Å². The van der Waals surface area contributed by atoms with Crippen molar-refractivity contribution in [1.82, 2.24) is 11.0 Å². The summed E-state index contributed by atoms with van der Waals surface area (Å²) >= 11 is 0. The lowest BCUT2D eigenvalue weighted by molar-refractivity contribution is -0.137. The monoisotopic (exact) mass is 118 g/mol. The molecule has 0 aliphatic heterocycles. The molecule has 0 aliphatic rings. The Bertz CT molecular complexity index is 74.4. The molecule has 8 heavy (non-hydrogen) atoms. The Kier molecular flexibility index (Phi) is 4.20. The highest BCUT2D eigenvalue weighted by Gasteiger charge is 1.84. The second-order valence-corrected chi connectivity index (χ2v) is 1.26. The molecule has 0 aromatic heterocycles. The third-order valence-electron chi connectivity index (χ3n) is 0.411. The van der Waals surface area contributed by atoms with Crippen molar-refractivity contribution in [2.75, 3.05) is 6.54 Å². The third-order valence-corrected chi connectivity index (χ3v) is 0.411. The van der Waals surface area contributed by atoms with Gasteiger partial charge in [-0.2, -0.15) is 10.4 Å². The van der Waals surface area contributed by atoms with Crippen LogP contribution in [0, 0.1) is 0 Å². The number of hydrogen-bond acceptors (Lipinski definition) is 3. The Morgan fingerprint density at radius 2 is 2.38 bits per heavy atom. The van der Waals surface area contributed by atoms with E-state index >= 15 is 0 Å². The summed E-state index contributed by atoms with van der Waals surface area (Å²) in [6.45, 7) is 3.90. The molecular weight excluding hydrogens is 108 g/mol. The zero-order chi connectivity index (χ0) is 6.41. The molecule has 0 atom stereocenters. The van der Waals surface area contributed by atoms with Crippen molar-refractivity contribution in [2.24, 2.45) is 0 Å². The molecule has 0 bridgehead atoms. The van der Waals surface area contributed by atoms with Crippen LogP contribution in [0.1, 0.15) is 13.8 Å². The molecule has 48 valence electrons. The molecule has 0 aliphatic carbocycles. The number of rotatable bonds is 3. The summed E-state index contributed by atoms with van der Waals surface area (Å²) in [5.41, 5.74) is 4.54. The van der Waals surface area contributed by atoms with Gasteiger partial charge in [-0.1, -0.05) is 6.92 Å². The molecule has 0 rings (SSSR count). The summed E-state index contributed by atoms with van der Waals surface area (Å²) in [6, 6.07) is 0. The molecule has 0 fully saturated rings. The lowest BCUT2D eigenvalue weighted by atomic mass is 10.8. The van der Waals surface area contributed by atoms with Crippen molar-refractivity contribution in [3.05, 3.63) is 0 Å². The second-order valence-electron chi connectivity index (χ2n) is 1.26. The van der Waals surface area contributed by atoms with Crippen molar-refractivity contribution in [3.63, 3.8) is 0 Å². The molecule has 0 spiro atoms. The van der Waals surface area contributed by atoms with Gasteiger partial charge in [0.25, 0.3) is 0 Å². The van der Waals surface area contributed by atoms with Crippen LogP contribution in [0.3, 0.4) is 0 Å². The van der Waals surface area contributed by atoms with Gasteiger partial charge in [-0.15, -0.1) is 0 Å². The van der Waals surface area contributed by atoms with Gasteiger partial charge < -0.3 is 0 Å². The first kappa shape index (κ1) is 7.39. The van der Waals surface area contributed by atoms with Crippen LogP contribution in [0.5, 0.6) is 0 Å². The Morgan fingerprint density at radius 1 is 1.75 bits per heavy atom. The van der Waals surface area contributed by atoms with Gasteiger partial charge >= 0.3 is 0 Å². The van der Waals surface area contributed by atoms with E-state index in [9.17, 15) is 4.79 Å². The first-order chi connectivity index (χ1) is 3.77. The second kappa shape index (κ2) is 4.55. The smallest absolute Gasteiger partial charge is 0.241 e. The van der Waals surface area contributed by atoms with Crippen LogP contribution in [0.15, 0.2) is 0 Å². The molecule has 0 radical (unpaired) electrons. The number of amides is 1. The lowest BCUT2D eigenvalue weighted by Gasteiger charge is -1.99. The van der Waals surface area contributed by atoms with Gasteiger partial charge in [0.2, 0.25) is 5.91 Å². The molecule has 2 N–H and O–H groups in total. The Morgan fingerprint density at radius 3 is 2.75 bits per heavy atom. The summed E-state index contributed by atoms with van der Waals surface area (Å²) in [5.74, 6) is -0.217. The van der Waals surface area contributed by atoms with Crippen LogP contribution >= 0.6 is 0 Å². The first-order valence-corrected chi connectivity index (χ1v) is 2.42. The molecule has 4 nitrogen and oxygen atoms in total.